The van der Waals surface area contributed by atoms with Crippen LogP contribution in [0.25, 0.3) is 11.3 Å². The zero-order valence-corrected chi connectivity index (χ0v) is 19.7. The highest BCUT2D eigenvalue weighted by Gasteiger charge is 2.35. The maximum absolute atomic E-state index is 13.3. The summed E-state index contributed by atoms with van der Waals surface area (Å²) in [5, 5.41) is 5.05. The lowest BCUT2D eigenvalue weighted by Gasteiger charge is -2.33. The molecule has 0 radical (unpaired) electrons. The molecular weight excluding hydrogens is 483 g/mol. The lowest BCUT2D eigenvalue weighted by Crippen LogP contribution is -2.47. The summed E-state index contributed by atoms with van der Waals surface area (Å²) in [6.07, 6.45) is -4.83. The normalized spacial score (nSPS) is 15.5. The average molecular weight is 506 g/mol. The number of benzene rings is 2. The Balaban J connectivity index is 1.59. The van der Waals surface area contributed by atoms with Crippen LogP contribution >= 0.6 is 11.3 Å². The van der Waals surface area contributed by atoms with Gasteiger partial charge in [0.05, 0.1) is 34.2 Å². The van der Waals surface area contributed by atoms with Gasteiger partial charge in [0.2, 0.25) is 5.91 Å². The summed E-state index contributed by atoms with van der Waals surface area (Å²) < 4.78 is 50.7. The zero-order valence-electron chi connectivity index (χ0n) is 18.9. The fourth-order valence-electron chi connectivity index (χ4n) is 3.65. The number of hydrogen-bond donors (Lipinski definition) is 1. The minimum atomic E-state index is -4.63. The average Bonchev–Trinajstić information content (AvgIpc) is 3.29. The molecule has 2 aromatic carbocycles. The molecule has 0 spiro atoms. The summed E-state index contributed by atoms with van der Waals surface area (Å²) in [7, 11) is 1.61. The van der Waals surface area contributed by atoms with Gasteiger partial charge in [-0.15, -0.1) is 11.3 Å². The molecular formula is C24H22F3N3O4S. The standard InChI is InChI=1S/C24H22F3N3O4S/c1-14-23(32)30(12-21(31)28-17-6-4-3-5-16(17)24(25,26)27)19-11-15(7-8-20(19)34-14)18-13-35-22(29-18)9-10-33-2/h3-8,11,13-14H,9-10,12H2,1-2H3,(H,28,31). The van der Waals surface area contributed by atoms with Crippen molar-refractivity contribution in [2.75, 3.05) is 30.5 Å². The summed E-state index contributed by atoms with van der Waals surface area (Å²) in [4.78, 5) is 31.4. The van der Waals surface area contributed by atoms with E-state index < -0.39 is 36.2 Å². The van der Waals surface area contributed by atoms with Crippen molar-refractivity contribution in [2.45, 2.75) is 25.6 Å². The van der Waals surface area contributed by atoms with Gasteiger partial charge < -0.3 is 14.8 Å². The molecule has 3 aromatic rings. The van der Waals surface area contributed by atoms with E-state index in [4.69, 9.17) is 9.47 Å². The number of halogens is 3. The van der Waals surface area contributed by atoms with Crippen LogP contribution in [0.3, 0.4) is 0 Å². The van der Waals surface area contributed by atoms with Crippen molar-refractivity contribution >= 4 is 34.5 Å². The molecule has 1 atom stereocenters. The molecule has 1 aromatic heterocycles. The molecule has 2 heterocycles. The number of amides is 2. The van der Waals surface area contributed by atoms with E-state index in [1.807, 2.05) is 5.38 Å². The van der Waals surface area contributed by atoms with Crippen LogP contribution in [0, 0.1) is 0 Å². The number of alkyl halides is 3. The number of fused-ring (bicyclic) bond motifs is 1. The molecule has 11 heteroatoms. The number of anilines is 2. The highest BCUT2D eigenvalue weighted by Crippen LogP contribution is 2.38. The Bertz CT molecular complexity index is 1240. The number of thiazole rings is 1. The summed E-state index contributed by atoms with van der Waals surface area (Å²) in [5.41, 5.74) is 0.404. The van der Waals surface area contributed by atoms with Crippen LogP contribution in [-0.4, -0.2) is 43.2 Å². The molecule has 7 nitrogen and oxygen atoms in total. The largest absolute Gasteiger partial charge is 0.479 e. The third kappa shape index (κ3) is 5.46. The Kier molecular flexibility index (Phi) is 7.08. The molecule has 1 N–H and O–H groups in total. The van der Waals surface area contributed by atoms with Crippen LogP contribution in [0.15, 0.2) is 47.8 Å². The zero-order chi connectivity index (χ0) is 25.2. The van der Waals surface area contributed by atoms with E-state index in [0.717, 1.165) is 11.1 Å². The number of rotatable bonds is 7. The first-order chi connectivity index (χ1) is 16.7. The Morgan fingerprint density at radius 2 is 2.03 bits per heavy atom. The highest BCUT2D eigenvalue weighted by atomic mass is 32.1. The van der Waals surface area contributed by atoms with E-state index in [0.29, 0.717) is 35.7 Å². The third-order valence-corrected chi connectivity index (χ3v) is 6.25. The fourth-order valence-corrected chi connectivity index (χ4v) is 4.44. The topological polar surface area (TPSA) is 80.8 Å². The maximum Gasteiger partial charge on any atom is 0.418 e. The number of hydrogen-bond acceptors (Lipinski definition) is 6. The molecule has 1 aliphatic rings. The van der Waals surface area contributed by atoms with E-state index in [1.54, 1.807) is 32.2 Å². The SMILES string of the molecule is COCCc1nc(-c2ccc3c(c2)N(CC(=O)Nc2ccccc2C(F)(F)F)C(=O)C(C)O3)cs1. The third-order valence-electron chi connectivity index (χ3n) is 5.34. The molecule has 35 heavy (non-hydrogen) atoms. The number of methoxy groups -OCH3 is 1. The quantitative estimate of drug-likeness (QED) is 0.500. The Morgan fingerprint density at radius 1 is 1.26 bits per heavy atom. The van der Waals surface area contributed by atoms with Gasteiger partial charge >= 0.3 is 6.18 Å². The molecule has 0 fully saturated rings. The Hall–Kier alpha value is -3.44. The van der Waals surface area contributed by atoms with Crippen molar-refractivity contribution in [2.24, 2.45) is 0 Å². The number of para-hydroxylation sites is 1. The fraction of sp³-hybridized carbons (Fsp3) is 0.292. The van der Waals surface area contributed by atoms with E-state index in [2.05, 4.69) is 10.3 Å². The number of carbonyl (C=O) groups excluding carboxylic acids is 2. The first-order valence-corrected chi connectivity index (χ1v) is 11.6. The van der Waals surface area contributed by atoms with Crippen LogP contribution in [0.2, 0.25) is 0 Å². The molecule has 0 saturated carbocycles. The van der Waals surface area contributed by atoms with Crippen LogP contribution in [-0.2, 0) is 26.9 Å². The first kappa shape index (κ1) is 24.7. The van der Waals surface area contributed by atoms with Crippen molar-refractivity contribution in [3.05, 3.63) is 58.4 Å². The first-order valence-electron chi connectivity index (χ1n) is 10.7. The number of carbonyl (C=O) groups is 2. The van der Waals surface area contributed by atoms with Crippen molar-refractivity contribution in [3.63, 3.8) is 0 Å². The van der Waals surface area contributed by atoms with Crippen molar-refractivity contribution < 1.29 is 32.2 Å². The second kappa shape index (κ2) is 10.0. The van der Waals surface area contributed by atoms with Gasteiger partial charge in [-0.25, -0.2) is 4.98 Å². The minimum absolute atomic E-state index is 0.344. The molecule has 0 saturated heterocycles. The number of nitrogens with one attached hydrogen (secondary N) is 1. The smallest absolute Gasteiger partial charge is 0.418 e. The second-order valence-corrected chi connectivity index (χ2v) is 8.77. The van der Waals surface area contributed by atoms with Gasteiger partial charge in [0.25, 0.3) is 5.91 Å². The van der Waals surface area contributed by atoms with Gasteiger partial charge in [0.1, 0.15) is 12.3 Å². The molecule has 184 valence electrons. The molecule has 0 aliphatic carbocycles. The lowest BCUT2D eigenvalue weighted by atomic mass is 10.1. The number of ether oxygens (including phenoxy) is 2. The minimum Gasteiger partial charge on any atom is -0.479 e. The maximum atomic E-state index is 13.3. The van der Waals surface area contributed by atoms with Gasteiger partial charge in [-0.3, -0.25) is 14.5 Å². The predicted molar refractivity (Wildman–Crippen MR) is 126 cm³/mol. The van der Waals surface area contributed by atoms with Crippen LogP contribution < -0.4 is 15.0 Å². The van der Waals surface area contributed by atoms with Crippen molar-refractivity contribution in [1.29, 1.82) is 0 Å². The number of aromatic nitrogens is 1. The summed E-state index contributed by atoms with van der Waals surface area (Å²) in [6, 6.07) is 9.85. The summed E-state index contributed by atoms with van der Waals surface area (Å²) in [5.74, 6) is -0.858. The van der Waals surface area contributed by atoms with Gasteiger partial charge in [0, 0.05) is 24.5 Å². The van der Waals surface area contributed by atoms with Crippen molar-refractivity contribution in [3.8, 4) is 17.0 Å². The molecule has 2 amide bonds. The van der Waals surface area contributed by atoms with Crippen LogP contribution in [0.5, 0.6) is 5.75 Å². The van der Waals surface area contributed by atoms with E-state index in [1.165, 1.54) is 34.4 Å². The van der Waals surface area contributed by atoms with Crippen LogP contribution in [0.4, 0.5) is 24.5 Å². The second-order valence-electron chi connectivity index (χ2n) is 7.83. The molecule has 1 unspecified atom stereocenters. The van der Waals surface area contributed by atoms with Gasteiger partial charge in [-0.1, -0.05) is 12.1 Å². The number of nitrogens with zero attached hydrogens (tertiary/aromatic N) is 2. The Labute approximate surface area is 203 Å². The predicted octanol–water partition coefficient (Wildman–Crippen LogP) is 4.77. The van der Waals surface area contributed by atoms with E-state index in [9.17, 15) is 22.8 Å². The van der Waals surface area contributed by atoms with E-state index >= 15 is 0 Å². The Morgan fingerprint density at radius 3 is 2.77 bits per heavy atom. The summed E-state index contributed by atoms with van der Waals surface area (Å²) in [6.45, 7) is 1.61. The monoisotopic (exact) mass is 505 g/mol. The molecule has 4 rings (SSSR count). The molecule has 0 bridgehead atoms. The highest BCUT2D eigenvalue weighted by molar-refractivity contribution is 7.09. The summed E-state index contributed by atoms with van der Waals surface area (Å²) >= 11 is 1.48. The van der Waals surface area contributed by atoms with Gasteiger partial charge in [-0.05, 0) is 37.3 Å². The molecule has 1 aliphatic heterocycles. The van der Waals surface area contributed by atoms with Crippen LogP contribution in [0.1, 0.15) is 17.5 Å². The van der Waals surface area contributed by atoms with Gasteiger partial charge in [0.15, 0.2) is 6.10 Å². The lowest BCUT2D eigenvalue weighted by molar-refractivity contribution is -0.137. The van der Waals surface area contributed by atoms with E-state index in [-0.39, 0.29) is 5.69 Å². The van der Waals surface area contributed by atoms with Crippen molar-refractivity contribution in [1.82, 2.24) is 4.98 Å². The van der Waals surface area contributed by atoms with Gasteiger partial charge in [-0.2, -0.15) is 13.2 Å².